The molecule has 1 spiro atoms. The standard InChI is InChI=1S/C26H33Cl3N2O5Si/c1-6-15-12-31(24(36-37(3,4)5)35-14-26(27,28)29)21-11-25(22-10-17(15)18(21)13-34-22)19-8-7-16(33-2)9-20(19)30-23(25)32/h6-9,17-18,21-22H,10-14H2,1-5H3/p+1/b15-6-,31-24?/t17-,18-,21-,22+,25-/m0/s1. The predicted molar refractivity (Wildman–Crippen MR) is 148 cm³/mol. The van der Waals surface area contributed by atoms with Crippen LogP contribution in [0.1, 0.15) is 25.3 Å². The number of fused-ring (bicyclic) bond motifs is 2. The number of rotatable bonds is 3. The lowest BCUT2D eigenvalue weighted by atomic mass is 9.72. The van der Waals surface area contributed by atoms with E-state index in [1.165, 1.54) is 5.57 Å². The van der Waals surface area contributed by atoms with Gasteiger partial charge in [-0.2, -0.15) is 4.58 Å². The average molecular weight is 589 g/mol. The summed E-state index contributed by atoms with van der Waals surface area (Å²) in [5.41, 5.74) is 2.18. The Morgan fingerprint density at radius 2 is 2.08 bits per heavy atom. The fourth-order valence-corrected chi connectivity index (χ4v) is 7.32. The molecule has 1 aromatic carbocycles. The van der Waals surface area contributed by atoms with Gasteiger partial charge in [0.05, 0.1) is 25.7 Å². The molecule has 0 unspecified atom stereocenters. The molecular formula is C26H34Cl3N2O5Si+. The molecule has 4 aliphatic heterocycles. The summed E-state index contributed by atoms with van der Waals surface area (Å²) >= 11 is 18.2. The number of allylic oxidation sites excluding steroid dienone is 1. The highest BCUT2D eigenvalue weighted by molar-refractivity contribution is 6.71. The number of methoxy groups -OCH3 is 1. The third-order valence-corrected chi connectivity index (χ3v) is 9.11. The van der Waals surface area contributed by atoms with Crippen LogP contribution in [0.4, 0.5) is 5.69 Å². The van der Waals surface area contributed by atoms with E-state index < -0.39 is 17.5 Å². The lowest BCUT2D eigenvalue weighted by molar-refractivity contribution is -0.594. The fourth-order valence-electron chi connectivity index (χ4n) is 6.45. The van der Waals surface area contributed by atoms with Crippen LogP contribution in [0.5, 0.6) is 5.75 Å². The van der Waals surface area contributed by atoms with E-state index in [4.69, 9.17) is 53.4 Å². The molecule has 4 fully saturated rings. The number of benzene rings is 1. The van der Waals surface area contributed by atoms with Gasteiger partial charge >= 0.3 is 6.08 Å². The van der Waals surface area contributed by atoms with Crippen LogP contribution in [-0.4, -0.2) is 67.7 Å². The monoisotopic (exact) mass is 587 g/mol. The number of carbonyl (C=O) groups is 1. The van der Waals surface area contributed by atoms with Crippen LogP contribution in [0.3, 0.4) is 0 Å². The Balaban J connectivity index is 1.66. The van der Waals surface area contributed by atoms with Crippen molar-refractivity contribution in [2.45, 2.75) is 60.8 Å². The number of hydrogen-bond acceptors (Lipinski definition) is 5. The average Bonchev–Trinajstić information content (AvgIpc) is 2.93. The highest BCUT2D eigenvalue weighted by Gasteiger charge is 2.65. The van der Waals surface area contributed by atoms with Crippen molar-refractivity contribution in [3.63, 3.8) is 0 Å². The Bertz CT molecular complexity index is 1160. The number of alkyl halides is 3. The summed E-state index contributed by atoms with van der Waals surface area (Å²) in [4.78, 5) is 13.9. The van der Waals surface area contributed by atoms with Crippen LogP contribution in [-0.2, 0) is 24.1 Å². The van der Waals surface area contributed by atoms with Gasteiger partial charge in [0.25, 0.3) is 8.32 Å². The lowest BCUT2D eigenvalue weighted by Gasteiger charge is -2.40. The summed E-state index contributed by atoms with van der Waals surface area (Å²) in [7, 11) is -0.485. The number of amides is 1. The molecule has 4 bridgehead atoms. The van der Waals surface area contributed by atoms with Crippen LogP contribution < -0.4 is 10.1 Å². The molecule has 37 heavy (non-hydrogen) atoms. The van der Waals surface area contributed by atoms with Gasteiger partial charge in [-0.15, -0.1) is 0 Å². The number of hydrogen-bond donors (Lipinski definition) is 1. The minimum atomic E-state index is -2.11. The van der Waals surface area contributed by atoms with Gasteiger partial charge in [0.15, 0.2) is 12.6 Å². The van der Waals surface area contributed by atoms with Crippen molar-refractivity contribution in [3.8, 4) is 5.75 Å². The van der Waals surface area contributed by atoms with E-state index in [9.17, 15) is 4.79 Å². The third-order valence-electron chi connectivity index (χ3n) is 8.00. The Hall–Kier alpha value is -1.45. The third kappa shape index (κ3) is 4.89. The molecule has 0 aromatic heterocycles. The first-order valence-electron chi connectivity index (χ1n) is 12.6. The molecule has 7 nitrogen and oxygen atoms in total. The summed E-state index contributed by atoms with van der Waals surface area (Å²) in [5, 5.41) is 3.13. The van der Waals surface area contributed by atoms with Gasteiger partial charge in [0.2, 0.25) is 9.70 Å². The number of nitrogens with one attached hydrogen (secondary N) is 1. The van der Waals surface area contributed by atoms with Crippen LogP contribution in [0.15, 0.2) is 29.8 Å². The second-order valence-corrected chi connectivity index (χ2v) is 18.3. The van der Waals surface area contributed by atoms with Crippen molar-refractivity contribution in [1.82, 2.24) is 0 Å². The summed E-state index contributed by atoms with van der Waals surface area (Å²) in [6, 6.07) is 5.73. The molecule has 3 saturated heterocycles. The first-order chi connectivity index (χ1) is 17.4. The maximum absolute atomic E-state index is 13.9. The number of carbonyl (C=O) groups excluding carboxylic acids is 1. The quantitative estimate of drug-likeness (QED) is 0.172. The summed E-state index contributed by atoms with van der Waals surface area (Å²) in [6.45, 7) is 9.37. The minimum Gasteiger partial charge on any atom is -0.497 e. The molecular weight excluding hydrogens is 555 g/mol. The van der Waals surface area contributed by atoms with Crippen molar-refractivity contribution in [1.29, 1.82) is 0 Å². The van der Waals surface area contributed by atoms with Gasteiger partial charge < -0.3 is 24.0 Å². The Kier molecular flexibility index (Phi) is 7.06. The maximum Gasteiger partial charge on any atom is 0.535 e. The van der Waals surface area contributed by atoms with Gasteiger partial charge in [0, 0.05) is 18.2 Å². The van der Waals surface area contributed by atoms with E-state index in [0.29, 0.717) is 37.3 Å². The highest BCUT2D eigenvalue weighted by atomic mass is 35.6. The summed E-state index contributed by atoms with van der Waals surface area (Å²) in [5.74, 6) is 1.14. The molecule has 5 atom stereocenters. The zero-order chi connectivity index (χ0) is 26.8. The second kappa shape index (κ2) is 9.63. The highest BCUT2D eigenvalue weighted by Crippen LogP contribution is 2.56. The second-order valence-electron chi connectivity index (χ2n) is 11.3. The molecule has 1 aromatic rings. The van der Waals surface area contributed by atoms with Crippen LogP contribution >= 0.6 is 34.8 Å². The van der Waals surface area contributed by atoms with Gasteiger partial charge in [0.1, 0.15) is 17.8 Å². The van der Waals surface area contributed by atoms with Gasteiger partial charge in [-0.05, 0) is 56.1 Å². The van der Waals surface area contributed by atoms with Crippen molar-refractivity contribution < 1.29 is 28.0 Å². The van der Waals surface area contributed by atoms with Gasteiger partial charge in [-0.3, -0.25) is 4.79 Å². The molecule has 11 heteroatoms. The molecule has 5 aliphatic rings. The number of piperidine rings is 1. The van der Waals surface area contributed by atoms with Crippen LogP contribution in [0, 0.1) is 11.8 Å². The van der Waals surface area contributed by atoms with Crippen LogP contribution in [0.2, 0.25) is 19.6 Å². The van der Waals surface area contributed by atoms with Crippen LogP contribution in [0.25, 0.3) is 0 Å². The molecule has 6 rings (SSSR count). The molecule has 1 amide bonds. The molecule has 0 radical (unpaired) electrons. The first kappa shape index (κ1) is 27.1. The van der Waals surface area contributed by atoms with Gasteiger partial charge in [-0.1, -0.05) is 46.9 Å². The first-order valence-corrected chi connectivity index (χ1v) is 17.2. The van der Waals surface area contributed by atoms with Crippen molar-refractivity contribution in [3.05, 3.63) is 35.4 Å². The van der Waals surface area contributed by atoms with Gasteiger partial charge in [-0.25, -0.2) is 0 Å². The van der Waals surface area contributed by atoms with E-state index in [0.717, 1.165) is 17.7 Å². The molecule has 202 valence electrons. The topological polar surface area (TPSA) is 69.0 Å². The number of halogens is 3. The zero-order valence-corrected chi connectivity index (χ0v) is 25.0. The largest absolute Gasteiger partial charge is 0.535 e. The minimum absolute atomic E-state index is 0.0363. The Labute approximate surface area is 234 Å². The van der Waals surface area contributed by atoms with Crippen molar-refractivity contribution >= 4 is 60.8 Å². The number of nitrogens with zero attached hydrogens (tertiary/aromatic N) is 1. The normalized spacial score (nSPS) is 33.2. The number of ether oxygens (including phenoxy) is 3. The van der Waals surface area contributed by atoms with E-state index in [1.807, 2.05) is 18.2 Å². The van der Waals surface area contributed by atoms with E-state index in [2.05, 4.69) is 42.5 Å². The summed E-state index contributed by atoms with van der Waals surface area (Å²) in [6.07, 6.45) is 3.65. The summed E-state index contributed by atoms with van der Waals surface area (Å²) < 4.78 is 25.1. The lowest BCUT2D eigenvalue weighted by Crippen LogP contribution is -2.52. The molecule has 4 heterocycles. The predicted octanol–water partition coefficient (Wildman–Crippen LogP) is 5.25. The zero-order valence-electron chi connectivity index (χ0n) is 21.8. The van der Waals surface area contributed by atoms with Crippen molar-refractivity contribution in [2.75, 3.05) is 32.2 Å². The van der Waals surface area contributed by atoms with E-state index >= 15 is 0 Å². The fraction of sp³-hybridized carbons (Fsp3) is 0.615. The molecule has 1 N–H and O–H groups in total. The van der Waals surface area contributed by atoms with E-state index in [-0.39, 0.29) is 30.6 Å². The van der Waals surface area contributed by atoms with E-state index in [1.54, 1.807) is 7.11 Å². The maximum atomic E-state index is 13.9. The Morgan fingerprint density at radius 1 is 1.32 bits per heavy atom. The smallest absolute Gasteiger partial charge is 0.497 e. The SMILES string of the molecule is C/C=C1/C[N+](=C(OCC(Cl)(Cl)Cl)O[Si](C)(C)C)[C@H]2C[C@@]3(C(=O)Nc4cc(OC)ccc43)[C@H]3C[C@@H]1[C@@H]2CO3. The number of anilines is 1. The van der Waals surface area contributed by atoms with Crippen molar-refractivity contribution in [2.24, 2.45) is 11.8 Å². The Morgan fingerprint density at radius 3 is 2.73 bits per heavy atom. The molecule has 1 saturated carbocycles. The molecule has 1 aliphatic carbocycles.